The maximum Gasteiger partial charge on any atom is 3.00 e. The first-order chi connectivity index (χ1) is 1.73. The predicted octanol–water partition coefficient (Wildman–Crippen LogP) is -1.06. The fourth-order valence-electron chi connectivity index (χ4n) is 0. The first kappa shape index (κ1) is 16.0. The Morgan fingerprint density at radius 2 is 1.33 bits per heavy atom. The van der Waals surface area contributed by atoms with Gasteiger partial charge in [-0.3, -0.25) is 0 Å². The molecule has 5 nitrogen and oxygen atoms in total. The van der Waals surface area contributed by atoms with Gasteiger partial charge < -0.3 is 20.8 Å². The third kappa shape index (κ3) is 197. The van der Waals surface area contributed by atoms with Crippen LogP contribution in [0.1, 0.15) is 0 Å². The van der Waals surface area contributed by atoms with Gasteiger partial charge in [-0.05, 0) is 0 Å². The molecule has 0 aliphatic heterocycles. The van der Waals surface area contributed by atoms with E-state index in [9.17, 15) is 0 Å². The Morgan fingerprint density at radius 3 is 1.33 bits per heavy atom. The molecule has 0 aromatic carbocycles. The summed E-state index contributed by atoms with van der Waals surface area (Å²) in [7, 11) is 0. The molecule has 6 heteroatoms. The van der Waals surface area contributed by atoms with Gasteiger partial charge in [0.2, 0.25) is 0 Å². The standard InChI is InChI=1S/Ce.NO3.H2O/c;2-1(3)4;/h;;1H2/q+3;-1;. The van der Waals surface area contributed by atoms with Crippen LogP contribution in [0, 0.1) is 57.1 Å². The Hall–Kier alpha value is 0.537. The zero-order valence-corrected chi connectivity index (χ0v) is 5.81. The van der Waals surface area contributed by atoms with Crippen LogP contribution in [0.5, 0.6) is 0 Å². The average molecular weight is 220 g/mol. The molecule has 0 bridgehead atoms. The maximum atomic E-state index is 8.25. The van der Waals surface area contributed by atoms with Crippen molar-refractivity contribution in [1.29, 1.82) is 0 Å². The first-order valence-electron chi connectivity index (χ1n) is 0.548. The second-order valence-electron chi connectivity index (χ2n) is 0.224. The van der Waals surface area contributed by atoms with Crippen LogP contribution < -0.4 is 0 Å². The molecule has 6 heavy (non-hydrogen) atoms. The molecule has 0 amide bonds. The van der Waals surface area contributed by atoms with Crippen LogP contribution in [-0.2, 0) is 0 Å². The molecule has 0 aromatic heterocycles. The molecule has 2 N–H and O–H groups in total. The van der Waals surface area contributed by atoms with Gasteiger partial charge in [0, 0.05) is 0 Å². The van der Waals surface area contributed by atoms with E-state index < -0.39 is 5.09 Å². The van der Waals surface area contributed by atoms with Crippen molar-refractivity contribution in [2.45, 2.75) is 0 Å². The zero-order chi connectivity index (χ0) is 3.58. The van der Waals surface area contributed by atoms with E-state index in [1.807, 2.05) is 0 Å². The van der Waals surface area contributed by atoms with E-state index in [1.54, 1.807) is 0 Å². The number of nitrogens with zero attached hydrogens (tertiary/aromatic N) is 1. The fraction of sp³-hybridized carbons (Fsp3) is 0. The normalized spacial score (nSPS) is 4.00. The quantitative estimate of drug-likeness (QED) is 0.384. The molecular weight excluding hydrogens is 218 g/mol. The summed E-state index contributed by atoms with van der Waals surface area (Å²) in [5.41, 5.74) is 0. The van der Waals surface area contributed by atoms with Crippen molar-refractivity contribution in [3.05, 3.63) is 15.3 Å². The molecule has 0 spiro atoms. The summed E-state index contributed by atoms with van der Waals surface area (Å²) in [6, 6.07) is 0. The molecule has 1 radical (unpaired) electrons. The molecule has 0 heterocycles. The molecular formula is H2CeNO4+2. The van der Waals surface area contributed by atoms with E-state index in [0.717, 1.165) is 0 Å². The van der Waals surface area contributed by atoms with E-state index >= 15 is 0 Å². The van der Waals surface area contributed by atoms with Crippen LogP contribution in [0.15, 0.2) is 0 Å². The minimum absolute atomic E-state index is 0. The summed E-state index contributed by atoms with van der Waals surface area (Å²) in [6.45, 7) is 0. The third-order valence-corrected chi connectivity index (χ3v) is 0. The van der Waals surface area contributed by atoms with E-state index in [-0.39, 0.29) is 47.2 Å². The second kappa shape index (κ2) is 9.11. The largest absolute Gasteiger partial charge is 3.00 e. The van der Waals surface area contributed by atoms with Crippen molar-refractivity contribution in [1.82, 2.24) is 0 Å². The number of hydrogen-bond acceptors (Lipinski definition) is 3. The molecule has 0 aliphatic carbocycles. The SMILES string of the molecule is O.O=[N+]([O-])[O-].[Ce+3]. The van der Waals surface area contributed by atoms with Crippen LogP contribution in [0.25, 0.3) is 0 Å². The monoisotopic (exact) mass is 220 g/mol. The van der Waals surface area contributed by atoms with E-state index in [4.69, 9.17) is 15.3 Å². The van der Waals surface area contributed by atoms with Crippen molar-refractivity contribution in [2.24, 2.45) is 0 Å². The molecule has 0 unspecified atom stereocenters. The molecule has 0 rings (SSSR count). The molecule has 33 valence electrons. The molecule has 0 fully saturated rings. The van der Waals surface area contributed by atoms with E-state index in [1.165, 1.54) is 0 Å². The van der Waals surface area contributed by atoms with Crippen LogP contribution in [0.3, 0.4) is 0 Å². The van der Waals surface area contributed by atoms with Crippen LogP contribution in [0.2, 0.25) is 0 Å². The molecule has 0 atom stereocenters. The van der Waals surface area contributed by atoms with Crippen LogP contribution in [-0.4, -0.2) is 10.6 Å². The maximum absolute atomic E-state index is 8.25. The van der Waals surface area contributed by atoms with Gasteiger partial charge in [-0.2, -0.15) is 0 Å². The number of rotatable bonds is 0. The van der Waals surface area contributed by atoms with Gasteiger partial charge in [0.25, 0.3) is 0 Å². The Morgan fingerprint density at radius 1 is 1.33 bits per heavy atom. The third-order valence-electron chi connectivity index (χ3n) is 0. The molecule has 0 aliphatic rings. The zero-order valence-electron chi connectivity index (χ0n) is 2.67. The summed E-state index contributed by atoms with van der Waals surface area (Å²) in [5, 5.41) is 14.8. The Kier molecular flexibility index (Phi) is 24.3. The van der Waals surface area contributed by atoms with Gasteiger partial charge in [-0.1, -0.05) is 0 Å². The molecule has 0 saturated carbocycles. The minimum atomic E-state index is -1.75. The van der Waals surface area contributed by atoms with Gasteiger partial charge in [0.1, 0.15) is 0 Å². The fourth-order valence-corrected chi connectivity index (χ4v) is 0. The van der Waals surface area contributed by atoms with Crippen molar-refractivity contribution in [3.8, 4) is 0 Å². The Labute approximate surface area is 67.1 Å². The summed E-state index contributed by atoms with van der Waals surface area (Å²) in [6.07, 6.45) is 0. The van der Waals surface area contributed by atoms with Gasteiger partial charge in [-0.25, -0.2) is 0 Å². The summed E-state index contributed by atoms with van der Waals surface area (Å²) in [5.74, 6) is 0. The van der Waals surface area contributed by atoms with Gasteiger partial charge in [0.15, 0.2) is 0 Å². The topological polar surface area (TPSA) is 97.7 Å². The second-order valence-corrected chi connectivity index (χ2v) is 0.224. The molecule has 0 saturated heterocycles. The van der Waals surface area contributed by atoms with Crippen molar-refractivity contribution in [3.63, 3.8) is 0 Å². The van der Waals surface area contributed by atoms with Gasteiger partial charge in [-0.15, -0.1) is 0 Å². The Bertz CT molecular complexity index is 30.5. The summed E-state index contributed by atoms with van der Waals surface area (Å²) >= 11 is 0. The minimum Gasteiger partial charge on any atom is -0.412 e. The number of hydrogen-bond donors (Lipinski definition) is 0. The first-order valence-corrected chi connectivity index (χ1v) is 0.548. The summed E-state index contributed by atoms with van der Waals surface area (Å²) in [4.78, 5) is 8.25. The average Bonchev–Trinajstić information content (AvgIpc) is 0.811. The van der Waals surface area contributed by atoms with Gasteiger partial charge >= 0.3 is 41.7 Å². The van der Waals surface area contributed by atoms with E-state index in [0.29, 0.717) is 0 Å². The van der Waals surface area contributed by atoms with Crippen LogP contribution >= 0.6 is 0 Å². The van der Waals surface area contributed by atoms with Crippen molar-refractivity contribution < 1.29 is 52.3 Å². The summed E-state index contributed by atoms with van der Waals surface area (Å²) < 4.78 is 0. The Balaban J connectivity index is -0.0000000450. The predicted molar refractivity (Wildman–Crippen MR) is 14.0 cm³/mol. The van der Waals surface area contributed by atoms with Crippen molar-refractivity contribution >= 4 is 0 Å². The van der Waals surface area contributed by atoms with Gasteiger partial charge in [0.05, 0.1) is 5.09 Å². The molecule has 0 aromatic rings. The smallest absolute Gasteiger partial charge is 0.412 e. The van der Waals surface area contributed by atoms with E-state index in [2.05, 4.69) is 0 Å². The van der Waals surface area contributed by atoms with Crippen molar-refractivity contribution in [2.75, 3.05) is 0 Å². The van der Waals surface area contributed by atoms with Crippen LogP contribution in [0.4, 0.5) is 0 Å².